The summed E-state index contributed by atoms with van der Waals surface area (Å²) < 4.78 is 6.37. The number of rotatable bonds is 8. The lowest BCUT2D eigenvalue weighted by atomic mass is 9.90. The molecule has 0 bridgehead atoms. The Kier molecular flexibility index (Phi) is 8.87. The number of furan rings is 1. The van der Waals surface area contributed by atoms with Crippen molar-refractivity contribution < 1.29 is 4.42 Å². The minimum absolute atomic E-state index is 0.884. The van der Waals surface area contributed by atoms with E-state index in [4.69, 9.17) is 4.42 Å². The van der Waals surface area contributed by atoms with Gasteiger partial charge in [0.15, 0.2) is 0 Å². The fourth-order valence-corrected chi connectivity index (χ4v) is 8.95. The molecule has 1 heterocycles. The van der Waals surface area contributed by atoms with Gasteiger partial charge in [-0.25, -0.2) is 0 Å². The van der Waals surface area contributed by atoms with Crippen LogP contribution in [0.4, 0.5) is 17.1 Å². The molecule has 0 aliphatic carbocycles. The Morgan fingerprint density at radius 2 is 0.817 bits per heavy atom. The molecule has 2 nitrogen and oxygen atoms in total. The van der Waals surface area contributed by atoms with Gasteiger partial charge in [-0.2, -0.15) is 0 Å². The van der Waals surface area contributed by atoms with Gasteiger partial charge in [-0.1, -0.05) is 194 Å². The van der Waals surface area contributed by atoms with Gasteiger partial charge < -0.3 is 9.32 Å². The van der Waals surface area contributed by atoms with Crippen molar-refractivity contribution in [1.82, 2.24) is 0 Å². The molecular formula is C58H39NO. The normalized spacial score (nSPS) is 11.3. The van der Waals surface area contributed by atoms with Crippen LogP contribution in [0.15, 0.2) is 241 Å². The van der Waals surface area contributed by atoms with E-state index in [1.165, 1.54) is 38.6 Å². The Balaban J connectivity index is 1.19. The molecule has 2 heteroatoms. The number of anilines is 3. The topological polar surface area (TPSA) is 16.4 Å². The van der Waals surface area contributed by atoms with Crippen molar-refractivity contribution in [1.29, 1.82) is 0 Å². The lowest BCUT2D eigenvalue weighted by Crippen LogP contribution is -2.13. The lowest BCUT2D eigenvalue weighted by molar-refractivity contribution is 0.669. The average Bonchev–Trinajstić information content (AvgIpc) is 3.72. The number of benzene rings is 10. The Morgan fingerprint density at radius 1 is 0.283 bits per heavy atom. The summed E-state index contributed by atoms with van der Waals surface area (Å²) in [6, 6.07) is 85.0. The van der Waals surface area contributed by atoms with E-state index >= 15 is 0 Å². The van der Waals surface area contributed by atoms with Gasteiger partial charge >= 0.3 is 0 Å². The van der Waals surface area contributed by atoms with Gasteiger partial charge in [0.2, 0.25) is 0 Å². The highest BCUT2D eigenvalue weighted by molar-refractivity contribution is 6.13. The third-order valence-corrected chi connectivity index (χ3v) is 11.7. The maximum atomic E-state index is 6.37. The summed E-state index contributed by atoms with van der Waals surface area (Å²) in [7, 11) is 0. The third-order valence-electron chi connectivity index (χ3n) is 11.7. The van der Waals surface area contributed by atoms with E-state index in [2.05, 4.69) is 235 Å². The van der Waals surface area contributed by atoms with Crippen LogP contribution in [0.1, 0.15) is 0 Å². The highest BCUT2D eigenvalue weighted by Gasteiger charge is 2.23. The molecule has 0 unspecified atom stereocenters. The summed E-state index contributed by atoms with van der Waals surface area (Å²) in [5.74, 6) is 0. The van der Waals surface area contributed by atoms with Crippen LogP contribution in [-0.2, 0) is 0 Å². The van der Waals surface area contributed by atoms with Crippen LogP contribution in [0.2, 0.25) is 0 Å². The zero-order chi connectivity index (χ0) is 39.8. The first-order chi connectivity index (χ1) is 29.8. The number of fused-ring (bicyclic) bond motifs is 4. The zero-order valence-corrected chi connectivity index (χ0v) is 32.9. The van der Waals surface area contributed by atoms with Crippen molar-refractivity contribution in [3.05, 3.63) is 237 Å². The number of para-hydroxylation sites is 2. The van der Waals surface area contributed by atoms with E-state index in [0.717, 1.165) is 66.8 Å². The second-order valence-electron chi connectivity index (χ2n) is 15.2. The van der Waals surface area contributed by atoms with E-state index in [1.54, 1.807) is 0 Å². The standard InChI is InChI=1S/C58H39NO/c1-4-18-40(19-5-1)44-36-37-54(52(39-44)42-22-8-3-9-23-42)59(46-27-14-26-45(38-46)48-31-17-35-56-58(48)51-29-11-13-34-55(51)60-56)53-33-12-10-28-49(53)50-32-16-25-43-24-15-30-47(57(43)50)41-20-6-2-7-21-41/h1-39H. The maximum Gasteiger partial charge on any atom is 0.136 e. The highest BCUT2D eigenvalue weighted by atomic mass is 16.3. The molecule has 0 amide bonds. The molecule has 0 aliphatic rings. The quantitative estimate of drug-likeness (QED) is 0.153. The van der Waals surface area contributed by atoms with Crippen LogP contribution in [0, 0.1) is 0 Å². The number of nitrogens with zero attached hydrogens (tertiary/aromatic N) is 1. The molecule has 0 saturated heterocycles. The van der Waals surface area contributed by atoms with Crippen LogP contribution >= 0.6 is 0 Å². The molecule has 60 heavy (non-hydrogen) atoms. The second-order valence-corrected chi connectivity index (χ2v) is 15.2. The molecular weight excluding hydrogens is 727 g/mol. The van der Waals surface area contributed by atoms with E-state index < -0.39 is 0 Å². The van der Waals surface area contributed by atoms with Crippen LogP contribution in [0.5, 0.6) is 0 Å². The monoisotopic (exact) mass is 765 g/mol. The summed E-state index contributed by atoms with van der Waals surface area (Å²) in [5.41, 5.74) is 16.6. The van der Waals surface area contributed by atoms with Crippen molar-refractivity contribution in [2.45, 2.75) is 0 Å². The Morgan fingerprint density at radius 3 is 1.58 bits per heavy atom. The van der Waals surface area contributed by atoms with Gasteiger partial charge in [0, 0.05) is 27.6 Å². The van der Waals surface area contributed by atoms with Crippen LogP contribution in [0.25, 0.3) is 88.3 Å². The maximum absolute atomic E-state index is 6.37. The summed E-state index contributed by atoms with van der Waals surface area (Å²) in [6.07, 6.45) is 0. The predicted molar refractivity (Wildman–Crippen MR) is 253 cm³/mol. The smallest absolute Gasteiger partial charge is 0.136 e. The summed E-state index contributed by atoms with van der Waals surface area (Å²) in [6.45, 7) is 0. The average molecular weight is 766 g/mol. The van der Waals surface area contributed by atoms with Gasteiger partial charge in [-0.05, 0) is 97.7 Å². The highest BCUT2D eigenvalue weighted by Crippen LogP contribution is 2.49. The Bertz CT molecular complexity index is 3310. The SMILES string of the molecule is c1ccc(-c2ccc(N(c3cccc(-c4cccc5oc6ccccc6c45)c3)c3ccccc3-c3cccc4cccc(-c5ccccc5)c34)c(-c3ccccc3)c2)cc1. The number of hydrogen-bond donors (Lipinski definition) is 0. The van der Waals surface area contributed by atoms with Crippen molar-refractivity contribution in [2.75, 3.05) is 4.90 Å². The zero-order valence-electron chi connectivity index (χ0n) is 32.9. The van der Waals surface area contributed by atoms with E-state index in [9.17, 15) is 0 Å². The minimum atomic E-state index is 0.884. The summed E-state index contributed by atoms with van der Waals surface area (Å²) in [4.78, 5) is 2.47. The molecule has 0 radical (unpaired) electrons. The van der Waals surface area contributed by atoms with Gasteiger partial charge in [0.05, 0.1) is 11.4 Å². The first-order valence-electron chi connectivity index (χ1n) is 20.5. The molecule has 0 saturated carbocycles. The third kappa shape index (κ3) is 6.23. The van der Waals surface area contributed by atoms with E-state index in [-0.39, 0.29) is 0 Å². The van der Waals surface area contributed by atoms with Gasteiger partial charge in [-0.15, -0.1) is 0 Å². The molecule has 0 atom stereocenters. The second kappa shape index (κ2) is 15.1. The van der Waals surface area contributed by atoms with Crippen molar-refractivity contribution in [3.63, 3.8) is 0 Å². The minimum Gasteiger partial charge on any atom is -0.456 e. The predicted octanol–water partition coefficient (Wildman–Crippen LogP) is 16.5. The molecule has 1 aromatic heterocycles. The van der Waals surface area contributed by atoms with Crippen molar-refractivity contribution in [3.8, 4) is 55.6 Å². The molecule has 0 spiro atoms. The Labute approximate surface area is 349 Å². The van der Waals surface area contributed by atoms with Gasteiger partial charge in [-0.3, -0.25) is 0 Å². The molecule has 282 valence electrons. The molecule has 0 fully saturated rings. The fraction of sp³-hybridized carbons (Fsp3) is 0. The van der Waals surface area contributed by atoms with Crippen LogP contribution < -0.4 is 4.90 Å². The first kappa shape index (κ1) is 35.2. The van der Waals surface area contributed by atoms with Crippen LogP contribution in [-0.4, -0.2) is 0 Å². The van der Waals surface area contributed by atoms with Crippen molar-refractivity contribution >= 4 is 49.8 Å². The van der Waals surface area contributed by atoms with E-state index in [1.807, 2.05) is 6.07 Å². The van der Waals surface area contributed by atoms with Crippen LogP contribution in [0.3, 0.4) is 0 Å². The molecule has 10 aromatic carbocycles. The largest absolute Gasteiger partial charge is 0.456 e. The number of hydrogen-bond acceptors (Lipinski definition) is 2. The lowest BCUT2D eigenvalue weighted by Gasteiger charge is -2.31. The van der Waals surface area contributed by atoms with E-state index in [0.29, 0.717) is 0 Å². The fourth-order valence-electron chi connectivity index (χ4n) is 8.95. The summed E-state index contributed by atoms with van der Waals surface area (Å²) >= 11 is 0. The molecule has 0 N–H and O–H groups in total. The Hall–Kier alpha value is -7.94. The molecule has 11 aromatic rings. The first-order valence-corrected chi connectivity index (χ1v) is 20.5. The molecule has 0 aliphatic heterocycles. The summed E-state index contributed by atoms with van der Waals surface area (Å²) in [5, 5.41) is 4.67. The van der Waals surface area contributed by atoms with Crippen molar-refractivity contribution in [2.24, 2.45) is 0 Å². The van der Waals surface area contributed by atoms with Gasteiger partial charge in [0.25, 0.3) is 0 Å². The van der Waals surface area contributed by atoms with Gasteiger partial charge in [0.1, 0.15) is 11.2 Å². The molecule has 11 rings (SSSR count).